The molecule has 118 valence electrons. The number of benzene rings is 1. The van der Waals surface area contributed by atoms with Crippen LogP contribution in [0, 0.1) is 0 Å². The van der Waals surface area contributed by atoms with Crippen molar-refractivity contribution in [2.45, 2.75) is 38.1 Å². The molecule has 0 saturated heterocycles. The Balaban J connectivity index is 1.67. The van der Waals surface area contributed by atoms with Crippen LogP contribution in [0.2, 0.25) is 0 Å². The van der Waals surface area contributed by atoms with Crippen molar-refractivity contribution in [3.63, 3.8) is 0 Å². The van der Waals surface area contributed by atoms with Gasteiger partial charge in [0.15, 0.2) is 11.5 Å². The molecule has 1 amide bonds. The van der Waals surface area contributed by atoms with E-state index in [9.17, 15) is 4.79 Å². The number of fused-ring (bicyclic) bond motifs is 1. The molecule has 3 rings (SSSR count). The number of amides is 1. The molecule has 1 aliphatic heterocycles. The number of amidine groups is 1. The zero-order valence-electron chi connectivity index (χ0n) is 12.6. The summed E-state index contributed by atoms with van der Waals surface area (Å²) in [6, 6.07) is 5.58. The Labute approximate surface area is 129 Å². The lowest BCUT2D eigenvalue weighted by molar-refractivity contribution is 0.0967. The summed E-state index contributed by atoms with van der Waals surface area (Å²) in [5.74, 6) is 0.963. The molecule has 1 aliphatic carbocycles. The standard InChI is InChI=1S/C16H20N2O4/c1-20-16(17-12-5-3-2-4-6-12)18-15(19)11-7-8-13-14(9-11)22-10-21-13/h7-9,12H,2-6,10H2,1H3,(H,17,18,19). The van der Waals surface area contributed by atoms with Crippen LogP contribution in [-0.4, -0.2) is 31.9 Å². The number of aliphatic imine (C=N–C) groups is 1. The zero-order chi connectivity index (χ0) is 15.4. The van der Waals surface area contributed by atoms with Gasteiger partial charge in [-0.05, 0) is 31.0 Å². The maximum atomic E-state index is 12.3. The summed E-state index contributed by atoms with van der Waals surface area (Å²) in [5, 5.41) is 2.71. The average molecular weight is 304 g/mol. The highest BCUT2D eigenvalue weighted by Crippen LogP contribution is 2.32. The molecule has 0 spiro atoms. The van der Waals surface area contributed by atoms with Gasteiger partial charge in [-0.1, -0.05) is 19.3 Å². The highest BCUT2D eigenvalue weighted by molar-refractivity contribution is 6.04. The lowest BCUT2D eigenvalue weighted by Gasteiger charge is -2.18. The Bertz CT molecular complexity index is 580. The highest BCUT2D eigenvalue weighted by Gasteiger charge is 2.18. The van der Waals surface area contributed by atoms with E-state index in [-0.39, 0.29) is 24.8 Å². The van der Waals surface area contributed by atoms with E-state index < -0.39 is 0 Å². The third kappa shape index (κ3) is 3.32. The first kappa shape index (κ1) is 14.7. The van der Waals surface area contributed by atoms with Gasteiger partial charge in [-0.25, -0.2) is 4.99 Å². The predicted molar refractivity (Wildman–Crippen MR) is 81.3 cm³/mol. The fourth-order valence-electron chi connectivity index (χ4n) is 2.72. The van der Waals surface area contributed by atoms with Gasteiger partial charge >= 0.3 is 0 Å². The molecular formula is C16H20N2O4. The van der Waals surface area contributed by atoms with E-state index in [0.29, 0.717) is 17.1 Å². The van der Waals surface area contributed by atoms with Gasteiger partial charge in [0.1, 0.15) is 0 Å². The third-order valence-corrected chi connectivity index (χ3v) is 3.92. The largest absolute Gasteiger partial charge is 0.468 e. The van der Waals surface area contributed by atoms with E-state index in [1.807, 2.05) is 0 Å². The fourth-order valence-corrected chi connectivity index (χ4v) is 2.72. The third-order valence-electron chi connectivity index (χ3n) is 3.92. The van der Waals surface area contributed by atoms with Gasteiger partial charge in [0, 0.05) is 5.56 Å². The molecule has 0 radical (unpaired) electrons. The van der Waals surface area contributed by atoms with Crippen LogP contribution in [0.15, 0.2) is 23.2 Å². The molecule has 6 heteroatoms. The monoisotopic (exact) mass is 304 g/mol. The molecule has 1 aromatic carbocycles. The number of rotatable bonds is 2. The van der Waals surface area contributed by atoms with Crippen LogP contribution in [-0.2, 0) is 4.74 Å². The van der Waals surface area contributed by atoms with Gasteiger partial charge in [0.25, 0.3) is 11.9 Å². The minimum Gasteiger partial charge on any atom is -0.468 e. The molecule has 1 aromatic rings. The molecular weight excluding hydrogens is 284 g/mol. The predicted octanol–water partition coefficient (Wildman–Crippen LogP) is 2.48. The minimum absolute atomic E-state index is 0.187. The number of carbonyl (C=O) groups is 1. The summed E-state index contributed by atoms with van der Waals surface area (Å²) < 4.78 is 15.7. The molecule has 0 unspecified atom stereocenters. The van der Waals surface area contributed by atoms with Crippen molar-refractivity contribution in [2.24, 2.45) is 4.99 Å². The topological polar surface area (TPSA) is 69.2 Å². The maximum absolute atomic E-state index is 12.3. The Hall–Kier alpha value is -2.24. The van der Waals surface area contributed by atoms with Crippen molar-refractivity contribution in [3.8, 4) is 11.5 Å². The molecule has 1 N–H and O–H groups in total. The molecule has 1 heterocycles. The van der Waals surface area contributed by atoms with Crippen molar-refractivity contribution in [3.05, 3.63) is 23.8 Å². The quantitative estimate of drug-likeness (QED) is 0.673. The zero-order valence-corrected chi connectivity index (χ0v) is 12.6. The van der Waals surface area contributed by atoms with Crippen LogP contribution in [0.5, 0.6) is 11.5 Å². The fraction of sp³-hybridized carbons (Fsp3) is 0.500. The van der Waals surface area contributed by atoms with Gasteiger partial charge in [0.2, 0.25) is 6.79 Å². The van der Waals surface area contributed by atoms with Crippen molar-refractivity contribution in [1.29, 1.82) is 0 Å². The van der Waals surface area contributed by atoms with Crippen molar-refractivity contribution >= 4 is 11.9 Å². The Morgan fingerprint density at radius 1 is 1.23 bits per heavy atom. The van der Waals surface area contributed by atoms with E-state index in [2.05, 4.69) is 10.3 Å². The van der Waals surface area contributed by atoms with Crippen LogP contribution >= 0.6 is 0 Å². The van der Waals surface area contributed by atoms with Gasteiger partial charge in [0.05, 0.1) is 13.2 Å². The number of methoxy groups -OCH3 is 1. The van der Waals surface area contributed by atoms with Gasteiger partial charge < -0.3 is 14.2 Å². The first-order chi connectivity index (χ1) is 10.8. The first-order valence-electron chi connectivity index (χ1n) is 7.59. The summed E-state index contributed by atoms with van der Waals surface area (Å²) in [4.78, 5) is 16.8. The number of hydrogen-bond acceptors (Lipinski definition) is 5. The van der Waals surface area contributed by atoms with E-state index in [1.54, 1.807) is 18.2 Å². The molecule has 0 bridgehead atoms. The van der Waals surface area contributed by atoms with E-state index in [4.69, 9.17) is 14.2 Å². The van der Waals surface area contributed by atoms with E-state index in [0.717, 1.165) is 12.8 Å². The lowest BCUT2D eigenvalue weighted by atomic mass is 9.96. The number of nitrogens with zero attached hydrogens (tertiary/aromatic N) is 1. The van der Waals surface area contributed by atoms with Crippen molar-refractivity contribution < 1.29 is 19.0 Å². The molecule has 1 fully saturated rings. The molecule has 22 heavy (non-hydrogen) atoms. The molecule has 1 saturated carbocycles. The Kier molecular flexibility index (Phi) is 4.46. The molecule has 6 nitrogen and oxygen atoms in total. The average Bonchev–Trinajstić information content (AvgIpc) is 3.02. The summed E-state index contributed by atoms with van der Waals surface area (Å²) in [6.45, 7) is 0.187. The number of nitrogens with one attached hydrogen (secondary N) is 1. The summed E-state index contributed by atoms with van der Waals surface area (Å²) in [5.41, 5.74) is 0.484. The van der Waals surface area contributed by atoms with Crippen LogP contribution < -0.4 is 14.8 Å². The Morgan fingerprint density at radius 2 is 2.00 bits per heavy atom. The van der Waals surface area contributed by atoms with Crippen LogP contribution in [0.25, 0.3) is 0 Å². The lowest BCUT2D eigenvalue weighted by Crippen LogP contribution is -2.33. The molecule has 0 atom stereocenters. The minimum atomic E-state index is -0.269. The van der Waals surface area contributed by atoms with Gasteiger partial charge in [-0.2, -0.15) is 0 Å². The second-order valence-corrected chi connectivity index (χ2v) is 5.45. The van der Waals surface area contributed by atoms with Crippen molar-refractivity contribution in [1.82, 2.24) is 5.32 Å². The van der Waals surface area contributed by atoms with Gasteiger partial charge in [-0.3, -0.25) is 10.1 Å². The number of carbonyl (C=O) groups excluding carboxylic acids is 1. The second kappa shape index (κ2) is 6.68. The van der Waals surface area contributed by atoms with Crippen LogP contribution in [0.1, 0.15) is 42.5 Å². The summed E-state index contributed by atoms with van der Waals surface area (Å²) in [7, 11) is 1.52. The second-order valence-electron chi connectivity index (χ2n) is 5.45. The van der Waals surface area contributed by atoms with Gasteiger partial charge in [-0.15, -0.1) is 0 Å². The highest BCUT2D eigenvalue weighted by atomic mass is 16.7. The van der Waals surface area contributed by atoms with Crippen LogP contribution in [0.3, 0.4) is 0 Å². The molecule has 0 aromatic heterocycles. The SMILES string of the molecule is COC(=NC1CCCCC1)NC(=O)c1ccc2c(c1)OCO2. The van der Waals surface area contributed by atoms with Crippen molar-refractivity contribution in [2.75, 3.05) is 13.9 Å². The smallest absolute Gasteiger partial charge is 0.291 e. The van der Waals surface area contributed by atoms with Crippen LogP contribution in [0.4, 0.5) is 0 Å². The summed E-state index contributed by atoms with van der Waals surface area (Å²) in [6.07, 6.45) is 5.72. The Morgan fingerprint density at radius 3 is 2.77 bits per heavy atom. The first-order valence-corrected chi connectivity index (χ1v) is 7.59. The maximum Gasteiger partial charge on any atom is 0.291 e. The summed E-state index contributed by atoms with van der Waals surface area (Å²) >= 11 is 0. The normalized spacial score (nSPS) is 18.1. The molecule has 2 aliphatic rings. The van der Waals surface area contributed by atoms with E-state index >= 15 is 0 Å². The van der Waals surface area contributed by atoms with E-state index in [1.165, 1.54) is 26.4 Å². The number of hydrogen-bond donors (Lipinski definition) is 1. The number of ether oxygens (including phenoxy) is 3.